The van der Waals surface area contributed by atoms with Crippen LogP contribution in [0.15, 0.2) is 61.2 Å². The Labute approximate surface area is 166 Å². The number of hydrogen-bond donors (Lipinski definition) is 0. The minimum atomic E-state index is 0.114. The standard InChI is InChI=1S/C23H26N4O/c1-17(2)20-7-3-19(4-8-20)14-27(22-11-12-22)23(28)21-9-5-18(6-10-21)13-26-16-24-15-25-26/h3-10,15-17,22H,11-14H2,1-2H3. The summed E-state index contributed by atoms with van der Waals surface area (Å²) in [4.78, 5) is 19.1. The molecule has 0 spiro atoms. The summed E-state index contributed by atoms with van der Waals surface area (Å²) in [7, 11) is 0. The van der Waals surface area contributed by atoms with Crippen LogP contribution in [0.4, 0.5) is 0 Å². The molecule has 3 aromatic rings. The Bertz CT molecular complexity index is 910. The SMILES string of the molecule is CC(C)c1ccc(CN(C(=O)c2ccc(Cn3cncn3)cc2)C2CC2)cc1. The normalized spacial score (nSPS) is 13.7. The maximum absolute atomic E-state index is 13.1. The minimum Gasteiger partial charge on any atom is -0.331 e. The zero-order chi connectivity index (χ0) is 19.5. The van der Waals surface area contributed by atoms with Gasteiger partial charge in [-0.15, -0.1) is 0 Å². The lowest BCUT2D eigenvalue weighted by molar-refractivity contribution is 0.0730. The predicted octanol–water partition coefficient (Wildman–Crippen LogP) is 4.25. The molecular weight excluding hydrogens is 348 g/mol. The van der Waals surface area contributed by atoms with E-state index in [-0.39, 0.29) is 5.91 Å². The Morgan fingerprint density at radius 3 is 2.32 bits per heavy atom. The van der Waals surface area contributed by atoms with Crippen molar-refractivity contribution in [2.45, 2.75) is 51.7 Å². The molecule has 144 valence electrons. The fourth-order valence-corrected chi connectivity index (χ4v) is 3.38. The van der Waals surface area contributed by atoms with Crippen molar-refractivity contribution in [3.8, 4) is 0 Å². The quantitative estimate of drug-likeness (QED) is 0.621. The molecule has 0 atom stereocenters. The van der Waals surface area contributed by atoms with Gasteiger partial charge in [0.05, 0.1) is 6.54 Å². The van der Waals surface area contributed by atoms with Crippen molar-refractivity contribution in [1.82, 2.24) is 19.7 Å². The van der Waals surface area contributed by atoms with Crippen molar-refractivity contribution in [2.24, 2.45) is 0 Å². The second-order valence-electron chi connectivity index (χ2n) is 7.85. The summed E-state index contributed by atoms with van der Waals surface area (Å²) in [5.41, 5.74) is 4.36. The summed E-state index contributed by atoms with van der Waals surface area (Å²) in [6.45, 7) is 5.72. The van der Waals surface area contributed by atoms with Crippen LogP contribution in [0.3, 0.4) is 0 Å². The van der Waals surface area contributed by atoms with Crippen LogP contribution in [0.25, 0.3) is 0 Å². The molecule has 28 heavy (non-hydrogen) atoms. The van der Waals surface area contributed by atoms with E-state index < -0.39 is 0 Å². The van der Waals surface area contributed by atoms with Crippen LogP contribution in [-0.2, 0) is 13.1 Å². The average molecular weight is 374 g/mol. The van der Waals surface area contributed by atoms with E-state index in [0.29, 0.717) is 25.0 Å². The van der Waals surface area contributed by atoms with Crippen LogP contribution < -0.4 is 0 Å². The zero-order valence-electron chi connectivity index (χ0n) is 16.5. The van der Waals surface area contributed by atoms with Crippen LogP contribution in [0, 0.1) is 0 Å². The lowest BCUT2D eigenvalue weighted by atomic mass is 10.0. The molecule has 1 saturated carbocycles. The molecule has 5 heteroatoms. The van der Waals surface area contributed by atoms with E-state index in [4.69, 9.17) is 0 Å². The first kappa shape index (κ1) is 18.4. The molecule has 0 N–H and O–H groups in total. The van der Waals surface area contributed by atoms with Gasteiger partial charge in [-0.3, -0.25) is 4.79 Å². The largest absolute Gasteiger partial charge is 0.331 e. The number of amides is 1. The molecule has 0 radical (unpaired) electrons. The van der Waals surface area contributed by atoms with Crippen molar-refractivity contribution in [1.29, 1.82) is 0 Å². The second kappa shape index (κ2) is 7.97. The van der Waals surface area contributed by atoms with E-state index in [2.05, 4.69) is 48.2 Å². The molecule has 1 aromatic heterocycles. The molecule has 1 heterocycles. The molecule has 1 aliphatic carbocycles. The highest BCUT2D eigenvalue weighted by Gasteiger charge is 2.33. The molecule has 0 aliphatic heterocycles. The van der Waals surface area contributed by atoms with Gasteiger partial charge in [0.1, 0.15) is 12.7 Å². The number of carbonyl (C=O) groups excluding carboxylic acids is 1. The maximum atomic E-state index is 13.1. The smallest absolute Gasteiger partial charge is 0.254 e. The van der Waals surface area contributed by atoms with E-state index >= 15 is 0 Å². The Kier molecular flexibility index (Phi) is 5.24. The molecule has 1 aliphatic rings. The number of aromatic nitrogens is 3. The predicted molar refractivity (Wildman–Crippen MR) is 109 cm³/mol. The number of nitrogens with zero attached hydrogens (tertiary/aromatic N) is 4. The topological polar surface area (TPSA) is 51.0 Å². The monoisotopic (exact) mass is 374 g/mol. The van der Waals surface area contributed by atoms with Crippen LogP contribution in [0.1, 0.15) is 59.7 Å². The fourth-order valence-electron chi connectivity index (χ4n) is 3.38. The lowest BCUT2D eigenvalue weighted by Gasteiger charge is -2.23. The highest BCUT2D eigenvalue weighted by Crippen LogP contribution is 2.30. The van der Waals surface area contributed by atoms with E-state index in [1.165, 1.54) is 17.5 Å². The van der Waals surface area contributed by atoms with Gasteiger partial charge >= 0.3 is 0 Å². The van der Waals surface area contributed by atoms with Crippen molar-refractivity contribution in [2.75, 3.05) is 0 Å². The van der Waals surface area contributed by atoms with Gasteiger partial charge in [-0.05, 0) is 47.6 Å². The fraction of sp³-hybridized carbons (Fsp3) is 0.348. The van der Waals surface area contributed by atoms with Gasteiger partial charge in [0.15, 0.2) is 0 Å². The summed E-state index contributed by atoms with van der Waals surface area (Å²) >= 11 is 0. The molecule has 4 rings (SSSR count). The summed E-state index contributed by atoms with van der Waals surface area (Å²) < 4.78 is 1.77. The summed E-state index contributed by atoms with van der Waals surface area (Å²) in [6.07, 6.45) is 5.41. The Hall–Kier alpha value is -2.95. The first-order chi connectivity index (χ1) is 13.6. The second-order valence-corrected chi connectivity index (χ2v) is 7.85. The van der Waals surface area contributed by atoms with Gasteiger partial charge in [-0.1, -0.05) is 50.2 Å². The number of carbonyl (C=O) groups is 1. The highest BCUT2D eigenvalue weighted by atomic mass is 16.2. The highest BCUT2D eigenvalue weighted by molar-refractivity contribution is 5.94. The molecular formula is C23H26N4O. The van der Waals surface area contributed by atoms with E-state index in [0.717, 1.165) is 24.0 Å². The molecule has 0 bridgehead atoms. The molecule has 1 fully saturated rings. The van der Waals surface area contributed by atoms with Gasteiger partial charge in [0.25, 0.3) is 5.91 Å². The Morgan fingerprint density at radius 2 is 1.75 bits per heavy atom. The number of hydrogen-bond acceptors (Lipinski definition) is 3. The average Bonchev–Trinajstić information content (AvgIpc) is 3.43. The van der Waals surface area contributed by atoms with Crippen LogP contribution in [0.2, 0.25) is 0 Å². The maximum Gasteiger partial charge on any atom is 0.254 e. The number of rotatable bonds is 7. The lowest BCUT2D eigenvalue weighted by Crippen LogP contribution is -2.32. The van der Waals surface area contributed by atoms with Crippen LogP contribution >= 0.6 is 0 Å². The van der Waals surface area contributed by atoms with E-state index in [9.17, 15) is 4.79 Å². The van der Waals surface area contributed by atoms with Gasteiger partial charge in [0, 0.05) is 18.2 Å². The van der Waals surface area contributed by atoms with Crippen molar-refractivity contribution in [3.05, 3.63) is 83.4 Å². The van der Waals surface area contributed by atoms with Crippen molar-refractivity contribution >= 4 is 5.91 Å². The number of benzene rings is 2. The minimum absolute atomic E-state index is 0.114. The Balaban J connectivity index is 1.46. The molecule has 1 amide bonds. The molecule has 0 saturated heterocycles. The summed E-state index contributed by atoms with van der Waals surface area (Å²) in [5, 5.41) is 4.12. The first-order valence-electron chi connectivity index (χ1n) is 9.91. The van der Waals surface area contributed by atoms with Gasteiger partial charge in [0.2, 0.25) is 0 Å². The zero-order valence-corrected chi connectivity index (χ0v) is 16.5. The van der Waals surface area contributed by atoms with Gasteiger partial charge in [-0.2, -0.15) is 5.10 Å². The summed E-state index contributed by atoms with van der Waals surface area (Å²) in [5.74, 6) is 0.633. The van der Waals surface area contributed by atoms with E-state index in [1.807, 2.05) is 29.2 Å². The van der Waals surface area contributed by atoms with Crippen molar-refractivity contribution < 1.29 is 4.79 Å². The van der Waals surface area contributed by atoms with Crippen molar-refractivity contribution in [3.63, 3.8) is 0 Å². The van der Waals surface area contributed by atoms with Crippen LogP contribution in [-0.4, -0.2) is 31.6 Å². The molecule has 2 aromatic carbocycles. The van der Waals surface area contributed by atoms with E-state index in [1.54, 1.807) is 11.0 Å². The molecule has 0 unspecified atom stereocenters. The Morgan fingerprint density at radius 1 is 1.07 bits per heavy atom. The summed E-state index contributed by atoms with van der Waals surface area (Å²) in [6, 6.07) is 16.9. The molecule has 5 nitrogen and oxygen atoms in total. The third-order valence-corrected chi connectivity index (χ3v) is 5.26. The first-order valence-corrected chi connectivity index (χ1v) is 9.91. The van der Waals surface area contributed by atoms with Gasteiger partial charge < -0.3 is 4.90 Å². The third kappa shape index (κ3) is 4.30. The van der Waals surface area contributed by atoms with Gasteiger partial charge in [-0.25, -0.2) is 9.67 Å². The van der Waals surface area contributed by atoms with Crippen LogP contribution in [0.5, 0.6) is 0 Å². The third-order valence-electron chi connectivity index (χ3n) is 5.26.